The molecule has 0 aliphatic heterocycles. The zero-order valence-corrected chi connectivity index (χ0v) is 26.4. The fraction of sp³-hybridized carbons (Fsp3) is 0.0667. The molecule has 0 amide bonds. The third kappa shape index (κ3) is 3.56. The molecule has 9 aromatic rings. The Kier molecular flexibility index (Phi) is 5.37. The smallest absolute Gasteiger partial charge is 0.0620 e. The lowest BCUT2D eigenvalue weighted by atomic mass is 9.82. The molecule has 222 valence electrons. The van der Waals surface area contributed by atoms with E-state index in [1.54, 1.807) is 0 Å². The Hall–Kier alpha value is -5.86. The first kappa shape index (κ1) is 26.4. The van der Waals surface area contributed by atoms with E-state index in [2.05, 4.69) is 181 Å². The molecule has 0 spiro atoms. The van der Waals surface area contributed by atoms with Crippen LogP contribution in [0.2, 0.25) is 0 Å². The molecule has 2 aromatic heterocycles. The standard InChI is InChI=1S/C45H32N2/c1-45(2)39-23-9-6-16-31(39)32-27-26-30(28-40(32)45)47-42-25-11-8-18-34(42)36-20-13-22-38(44(36)47)37-21-12-19-35-33-17-7-10-24-41(33)46(43(35)37)29-14-4-3-5-15-29/h3-28H,1-2H3. The Morgan fingerprint density at radius 2 is 0.851 bits per heavy atom. The van der Waals surface area contributed by atoms with Crippen molar-refractivity contribution in [1.29, 1.82) is 0 Å². The van der Waals surface area contributed by atoms with Gasteiger partial charge in [0.25, 0.3) is 0 Å². The third-order valence-corrected chi connectivity index (χ3v) is 10.5. The van der Waals surface area contributed by atoms with Crippen molar-refractivity contribution in [2.45, 2.75) is 19.3 Å². The molecule has 0 unspecified atom stereocenters. The molecule has 2 nitrogen and oxygen atoms in total. The molecule has 0 N–H and O–H groups in total. The van der Waals surface area contributed by atoms with Crippen molar-refractivity contribution in [2.24, 2.45) is 0 Å². The quantitative estimate of drug-likeness (QED) is 0.191. The van der Waals surface area contributed by atoms with Gasteiger partial charge >= 0.3 is 0 Å². The summed E-state index contributed by atoms with van der Waals surface area (Å²) in [6.07, 6.45) is 0. The second-order valence-corrected chi connectivity index (χ2v) is 13.3. The van der Waals surface area contributed by atoms with Gasteiger partial charge in [0.2, 0.25) is 0 Å². The van der Waals surface area contributed by atoms with Gasteiger partial charge in [-0.1, -0.05) is 135 Å². The maximum Gasteiger partial charge on any atom is 0.0620 e. The monoisotopic (exact) mass is 600 g/mol. The SMILES string of the molecule is CC1(C)c2ccccc2-c2ccc(-n3c4ccccc4c4cccc(-c5cccc6c7ccccc7n(-c7ccccc7)c56)c43)cc21. The summed E-state index contributed by atoms with van der Waals surface area (Å²) in [4.78, 5) is 0. The first-order chi connectivity index (χ1) is 23.1. The normalized spacial score (nSPS) is 13.5. The van der Waals surface area contributed by atoms with Crippen LogP contribution < -0.4 is 0 Å². The van der Waals surface area contributed by atoms with Crippen molar-refractivity contribution < 1.29 is 0 Å². The Balaban J connectivity index is 1.32. The van der Waals surface area contributed by atoms with Crippen LogP contribution in [0.15, 0.2) is 158 Å². The Labute approximate surface area is 273 Å². The number of fused-ring (bicyclic) bond motifs is 9. The third-order valence-electron chi connectivity index (χ3n) is 10.5. The summed E-state index contributed by atoms with van der Waals surface area (Å²) in [5.74, 6) is 0. The van der Waals surface area contributed by atoms with E-state index in [0.717, 1.165) is 0 Å². The van der Waals surface area contributed by atoms with Crippen LogP contribution in [0, 0.1) is 0 Å². The number of aromatic nitrogens is 2. The lowest BCUT2D eigenvalue weighted by molar-refractivity contribution is 0.660. The van der Waals surface area contributed by atoms with E-state index in [1.165, 1.54) is 88.4 Å². The number of rotatable bonds is 3. The Bertz CT molecular complexity index is 2700. The fourth-order valence-electron chi connectivity index (χ4n) is 8.42. The summed E-state index contributed by atoms with van der Waals surface area (Å²) in [5.41, 5.74) is 15.1. The number of benzene rings is 7. The van der Waals surface area contributed by atoms with Crippen molar-refractivity contribution in [3.8, 4) is 33.6 Å². The van der Waals surface area contributed by atoms with E-state index >= 15 is 0 Å². The van der Waals surface area contributed by atoms with Gasteiger partial charge in [-0.05, 0) is 58.7 Å². The Morgan fingerprint density at radius 3 is 1.51 bits per heavy atom. The van der Waals surface area contributed by atoms with Gasteiger partial charge < -0.3 is 9.13 Å². The molecule has 0 saturated heterocycles. The first-order valence-corrected chi connectivity index (χ1v) is 16.5. The number of nitrogens with zero attached hydrogens (tertiary/aromatic N) is 2. The molecule has 0 saturated carbocycles. The van der Waals surface area contributed by atoms with Gasteiger partial charge in [-0.25, -0.2) is 0 Å². The van der Waals surface area contributed by atoms with Crippen molar-refractivity contribution in [1.82, 2.24) is 9.13 Å². The van der Waals surface area contributed by atoms with Crippen LogP contribution in [-0.2, 0) is 5.41 Å². The minimum atomic E-state index is -0.0776. The lowest BCUT2D eigenvalue weighted by Gasteiger charge is -2.22. The predicted octanol–water partition coefficient (Wildman–Crippen LogP) is 11.9. The molecule has 0 radical (unpaired) electrons. The predicted molar refractivity (Wildman–Crippen MR) is 198 cm³/mol. The Morgan fingerprint density at radius 1 is 0.362 bits per heavy atom. The van der Waals surface area contributed by atoms with Crippen molar-refractivity contribution >= 4 is 43.6 Å². The van der Waals surface area contributed by atoms with Crippen molar-refractivity contribution in [3.05, 3.63) is 169 Å². The molecule has 1 aliphatic carbocycles. The van der Waals surface area contributed by atoms with E-state index in [9.17, 15) is 0 Å². The van der Waals surface area contributed by atoms with Crippen LogP contribution in [0.25, 0.3) is 77.2 Å². The highest BCUT2D eigenvalue weighted by molar-refractivity contribution is 6.19. The molecule has 10 rings (SSSR count). The first-order valence-electron chi connectivity index (χ1n) is 16.5. The van der Waals surface area contributed by atoms with E-state index < -0.39 is 0 Å². The fourth-order valence-corrected chi connectivity index (χ4v) is 8.42. The summed E-state index contributed by atoms with van der Waals surface area (Å²) in [7, 11) is 0. The average molecular weight is 601 g/mol. The van der Waals surface area contributed by atoms with E-state index in [-0.39, 0.29) is 5.41 Å². The van der Waals surface area contributed by atoms with Crippen LogP contribution in [0.3, 0.4) is 0 Å². The summed E-state index contributed by atoms with van der Waals surface area (Å²) in [5, 5.41) is 5.06. The minimum absolute atomic E-state index is 0.0776. The highest BCUT2D eigenvalue weighted by Gasteiger charge is 2.35. The van der Waals surface area contributed by atoms with Crippen LogP contribution in [0.5, 0.6) is 0 Å². The van der Waals surface area contributed by atoms with Gasteiger partial charge in [0.15, 0.2) is 0 Å². The summed E-state index contributed by atoms with van der Waals surface area (Å²) in [6.45, 7) is 4.73. The second kappa shape index (κ2) is 9.57. The minimum Gasteiger partial charge on any atom is -0.309 e. The lowest BCUT2D eigenvalue weighted by Crippen LogP contribution is -2.15. The maximum absolute atomic E-state index is 2.51. The molecule has 0 bridgehead atoms. The van der Waals surface area contributed by atoms with Crippen LogP contribution in [0.1, 0.15) is 25.0 Å². The van der Waals surface area contributed by atoms with Crippen molar-refractivity contribution in [2.75, 3.05) is 0 Å². The topological polar surface area (TPSA) is 9.86 Å². The van der Waals surface area contributed by atoms with Gasteiger partial charge in [0, 0.05) is 49.5 Å². The molecule has 0 atom stereocenters. The zero-order valence-electron chi connectivity index (χ0n) is 26.4. The molecule has 1 aliphatic rings. The second-order valence-electron chi connectivity index (χ2n) is 13.3. The summed E-state index contributed by atoms with van der Waals surface area (Å²) >= 11 is 0. The highest BCUT2D eigenvalue weighted by Crippen LogP contribution is 2.50. The van der Waals surface area contributed by atoms with Crippen molar-refractivity contribution in [3.63, 3.8) is 0 Å². The van der Waals surface area contributed by atoms with E-state index in [4.69, 9.17) is 0 Å². The molecule has 7 aromatic carbocycles. The maximum atomic E-state index is 2.51. The van der Waals surface area contributed by atoms with Gasteiger partial charge in [-0.3, -0.25) is 0 Å². The van der Waals surface area contributed by atoms with E-state index in [1.807, 2.05) is 0 Å². The summed E-state index contributed by atoms with van der Waals surface area (Å²) < 4.78 is 4.95. The van der Waals surface area contributed by atoms with Crippen LogP contribution >= 0.6 is 0 Å². The molecule has 2 heteroatoms. The van der Waals surface area contributed by atoms with Gasteiger partial charge in [-0.15, -0.1) is 0 Å². The van der Waals surface area contributed by atoms with Crippen LogP contribution in [-0.4, -0.2) is 9.13 Å². The zero-order chi connectivity index (χ0) is 31.3. The molecule has 2 heterocycles. The highest BCUT2D eigenvalue weighted by atomic mass is 15.0. The number of para-hydroxylation sites is 5. The van der Waals surface area contributed by atoms with Gasteiger partial charge in [0.05, 0.1) is 22.1 Å². The molecular formula is C45H32N2. The largest absolute Gasteiger partial charge is 0.309 e. The van der Waals surface area contributed by atoms with Gasteiger partial charge in [0.1, 0.15) is 0 Å². The molecular weight excluding hydrogens is 569 g/mol. The van der Waals surface area contributed by atoms with Crippen LogP contribution in [0.4, 0.5) is 0 Å². The molecule has 0 fully saturated rings. The average Bonchev–Trinajstić information content (AvgIpc) is 3.72. The summed E-state index contributed by atoms with van der Waals surface area (Å²) in [6, 6.07) is 58.1. The number of hydrogen-bond acceptors (Lipinski definition) is 0. The molecule has 47 heavy (non-hydrogen) atoms. The van der Waals surface area contributed by atoms with E-state index in [0.29, 0.717) is 0 Å². The van der Waals surface area contributed by atoms with Gasteiger partial charge in [-0.2, -0.15) is 0 Å². The number of hydrogen-bond donors (Lipinski definition) is 0.